The van der Waals surface area contributed by atoms with E-state index in [-0.39, 0.29) is 87.1 Å². The molecule has 0 atom stereocenters. The van der Waals surface area contributed by atoms with Crippen LogP contribution in [-0.2, 0) is 0 Å². The molecule has 0 fully saturated rings. The van der Waals surface area contributed by atoms with Crippen molar-refractivity contribution in [3.8, 4) is 0 Å². The second-order valence-corrected chi connectivity index (χ2v) is 0.250. The molecule has 0 aliphatic rings. The molecule has 0 N–H and O–H groups in total. The van der Waals surface area contributed by atoms with Gasteiger partial charge in [-0.05, 0) is 6.16 Å². The first-order chi connectivity index (χ1) is 1.73. The second-order valence-electron chi connectivity index (χ2n) is 0.250. The van der Waals surface area contributed by atoms with Crippen LogP contribution in [0.5, 0.6) is 0 Å². The van der Waals surface area contributed by atoms with E-state index in [0.29, 0.717) is 0 Å². The monoisotopic (exact) mass is 253 g/mol. The Bertz CT molecular complexity index is 33.8. The average Bonchev–Trinajstić information content (AvgIpc) is 0.811. The van der Waals surface area contributed by atoms with Crippen molar-refractivity contribution in [2.45, 2.75) is 0 Å². The summed E-state index contributed by atoms with van der Waals surface area (Å²) in [4.78, 5) is 8.33. The Morgan fingerprint density at radius 3 is 1.33 bits per heavy atom. The van der Waals surface area contributed by atoms with Crippen LogP contribution in [0.3, 0.4) is 0 Å². The van der Waals surface area contributed by atoms with Gasteiger partial charge >= 0.3 is 37.7 Å². The summed E-state index contributed by atoms with van der Waals surface area (Å²) < 4.78 is 0. The molecule has 0 amide bonds. The summed E-state index contributed by atoms with van der Waals surface area (Å²) in [6.07, 6.45) is -2.33. The fourth-order valence-corrected chi connectivity index (χ4v) is 0. The van der Waals surface area contributed by atoms with Gasteiger partial charge < -0.3 is 15.0 Å². The molecular formula is CCaEuO3. The van der Waals surface area contributed by atoms with E-state index in [0.717, 1.165) is 0 Å². The van der Waals surface area contributed by atoms with Crippen LogP contribution >= 0.6 is 0 Å². The molecule has 0 aliphatic carbocycles. The molecule has 0 unspecified atom stereocenters. The molecule has 5 heteroatoms. The third-order valence-electron chi connectivity index (χ3n) is 0. The van der Waals surface area contributed by atoms with Gasteiger partial charge in [0.05, 0.1) is 0 Å². The van der Waals surface area contributed by atoms with Gasteiger partial charge in [-0.25, -0.2) is 0 Å². The molecule has 0 bridgehead atoms. The summed E-state index contributed by atoms with van der Waals surface area (Å²) in [7, 11) is 0. The van der Waals surface area contributed by atoms with E-state index >= 15 is 0 Å². The topological polar surface area (TPSA) is 63.2 Å². The van der Waals surface area contributed by atoms with E-state index in [9.17, 15) is 0 Å². The molecule has 0 saturated heterocycles. The molecule has 6 heavy (non-hydrogen) atoms. The summed E-state index contributed by atoms with van der Waals surface area (Å²) >= 11 is 0. The van der Waals surface area contributed by atoms with Gasteiger partial charge in [0, 0.05) is 49.4 Å². The zero-order chi connectivity index (χ0) is 3.58. The smallest absolute Gasteiger partial charge is 0.652 e. The van der Waals surface area contributed by atoms with Gasteiger partial charge in [-0.2, -0.15) is 0 Å². The van der Waals surface area contributed by atoms with Crippen molar-refractivity contribution >= 4 is 43.9 Å². The minimum atomic E-state index is -2.33. The maximum absolute atomic E-state index is 8.33. The fourth-order valence-electron chi connectivity index (χ4n) is 0. The van der Waals surface area contributed by atoms with Gasteiger partial charge in [0.15, 0.2) is 0 Å². The predicted octanol–water partition coefficient (Wildman–Crippen LogP) is -2.83. The summed E-state index contributed by atoms with van der Waals surface area (Å²) in [5.41, 5.74) is 0. The summed E-state index contributed by atoms with van der Waals surface area (Å²) in [6.45, 7) is 0. The SMILES string of the molecule is O=C([O-])[O-].[Ca+2].[Eu]. The molecule has 0 aromatic carbocycles. The molecule has 0 heterocycles. The molecule has 0 aromatic rings. The largest absolute Gasteiger partial charge is 2.00 e. The van der Waals surface area contributed by atoms with Gasteiger partial charge in [-0.1, -0.05) is 0 Å². The number of hydrogen-bond donors (Lipinski definition) is 0. The van der Waals surface area contributed by atoms with Gasteiger partial charge in [0.25, 0.3) is 0 Å². The molecule has 0 saturated carbocycles. The van der Waals surface area contributed by atoms with Crippen LogP contribution in [0.15, 0.2) is 0 Å². The molecule has 0 aromatic heterocycles. The summed E-state index contributed by atoms with van der Waals surface area (Å²) in [6, 6.07) is 0. The molecular weight excluding hydrogens is 252 g/mol. The first-order valence-electron chi connectivity index (χ1n) is 0.612. The third-order valence-corrected chi connectivity index (χ3v) is 0. The van der Waals surface area contributed by atoms with E-state index in [1.54, 1.807) is 0 Å². The Kier molecular flexibility index (Phi) is 26.6. The maximum Gasteiger partial charge on any atom is 2.00 e. The van der Waals surface area contributed by atoms with Crippen LogP contribution in [-0.4, -0.2) is 43.9 Å². The summed E-state index contributed by atoms with van der Waals surface area (Å²) in [5, 5.41) is 16.7. The Morgan fingerprint density at radius 1 is 1.33 bits per heavy atom. The van der Waals surface area contributed by atoms with Gasteiger partial charge in [0.2, 0.25) is 0 Å². The molecule has 1 radical (unpaired) electrons. The Labute approximate surface area is 106 Å². The van der Waals surface area contributed by atoms with Crippen LogP contribution in [0.2, 0.25) is 0 Å². The standard InChI is InChI=1S/CH2O3.Ca.Eu/c2-1(3)4;;/h(H2,2,3,4);;/q;+2;/p-2. The number of carbonyl (C=O) groups is 1. The van der Waals surface area contributed by atoms with Crippen molar-refractivity contribution in [1.29, 1.82) is 0 Å². The minimum Gasteiger partial charge on any atom is -0.652 e. The van der Waals surface area contributed by atoms with E-state index in [2.05, 4.69) is 0 Å². The molecule has 0 aliphatic heterocycles. The van der Waals surface area contributed by atoms with Gasteiger partial charge in [0.1, 0.15) is 0 Å². The van der Waals surface area contributed by atoms with E-state index < -0.39 is 6.16 Å². The zero-order valence-electron chi connectivity index (χ0n) is 2.81. The van der Waals surface area contributed by atoms with Crippen LogP contribution in [0.4, 0.5) is 4.79 Å². The third kappa shape index (κ3) is 35.8. The number of carbonyl (C=O) groups excluding carboxylic acids is 1. The average molecular weight is 252 g/mol. The molecule has 0 spiro atoms. The second kappa shape index (κ2) is 10.2. The van der Waals surface area contributed by atoms with Crippen molar-refractivity contribution in [2.24, 2.45) is 0 Å². The Hall–Kier alpha value is 2.11. The number of carboxylic acid groups (broad SMARTS) is 2. The van der Waals surface area contributed by atoms with Crippen molar-refractivity contribution in [3.05, 3.63) is 0 Å². The predicted molar refractivity (Wildman–Crippen MR) is 11.1 cm³/mol. The van der Waals surface area contributed by atoms with Crippen LogP contribution < -0.4 is 10.2 Å². The van der Waals surface area contributed by atoms with Gasteiger partial charge in [-0.3, -0.25) is 0 Å². The van der Waals surface area contributed by atoms with Crippen LogP contribution in [0.1, 0.15) is 0 Å². The van der Waals surface area contributed by atoms with E-state index in [4.69, 9.17) is 15.0 Å². The van der Waals surface area contributed by atoms with E-state index in [1.165, 1.54) is 0 Å². The fraction of sp³-hybridized carbons (Fsp3) is 0. The Balaban J connectivity index is -0.0000000450. The molecule has 0 rings (SSSR count). The van der Waals surface area contributed by atoms with Crippen molar-refractivity contribution in [1.82, 2.24) is 0 Å². The first kappa shape index (κ1) is 15.7. The quantitative estimate of drug-likeness (QED) is 0.437. The minimum absolute atomic E-state index is 0. The normalized spacial score (nSPS) is 4.00. The maximum atomic E-state index is 8.33. The van der Waals surface area contributed by atoms with Crippen LogP contribution in [0, 0.1) is 49.4 Å². The van der Waals surface area contributed by atoms with Crippen molar-refractivity contribution in [2.75, 3.05) is 0 Å². The van der Waals surface area contributed by atoms with Crippen molar-refractivity contribution < 1.29 is 64.4 Å². The summed E-state index contributed by atoms with van der Waals surface area (Å²) in [5.74, 6) is 0. The molecule has 3 nitrogen and oxygen atoms in total. The van der Waals surface area contributed by atoms with Crippen LogP contribution in [0.25, 0.3) is 0 Å². The Morgan fingerprint density at radius 2 is 1.33 bits per heavy atom. The molecule has 31 valence electrons. The van der Waals surface area contributed by atoms with E-state index in [1.807, 2.05) is 0 Å². The number of hydrogen-bond acceptors (Lipinski definition) is 3. The van der Waals surface area contributed by atoms with Gasteiger partial charge in [-0.15, -0.1) is 0 Å². The van der Waals surface area contributed by atoms with Crippen molar-refractivity contribution in [3.63, 3.8) is 0 Å². The first-order valence-corrected chi connectivity index (χ1v) is 0.612. The zero-order valence-corrected chi connectivity index (χ0v) is 7.44. The number of rotatable bonds is 0.